The van der Waals surface area contributed by atoms with Crippen LogP contribution in [0.3, 0.4) is 0 Å². The van der Waals surface area contributed by atoms with Crippen LogP contribution in [0, 0.1) is 5.92 Å². The maximum absolute atomic E-state index is 12.5. The first-order valence-electron chi connectivity index (χ1n) is 9.52. The minimum Gasteiger partial charge on any atom is -0.469 e. The van der Waals surface area contributed by atoms with Crippen LogP contribution >= 0.6 is 0 Å². The first-order valence-corrected chi connectivity index (χ1v) is 9.52. The van der Waals surface area contributed by atoms with E-state index < -0.39 is 23.4 Å². The number of aliphatic hydroxyl groups excluding tert-OH is 1. The summed E-state index contributed by atoms with van der Waals surface area (Å²) >= 11 is 0. The third kappa shape index (κ3) is 3.85. The molecule has 3 nitrogen and oxygen atoms in total. The molecule has 0 aliphatic rings. The van der Waals surface area contributed by atoms with Gasteiger partial charge in [0.15, 0.2) is 0 Å². The van der Waals surface area contributed by atoms with Gasteiger partial charge >= 0.3 is 5.97 Å². The minimum absolute atomic E-state index is 0.398. The molecule has 3 aromatic carbocycles. The Balaban J connectivity index is 2.29. The van der Waals surface area contributed by atoms with E-state index in [-0.39, 0.29) is 0 Å². The Labute approximate surface area is 166 Å². The summed E-state index contributed by atoms with van der Waals surface area (Å²) in [6.07, 6.45) is -0.432. The highest BCUT2D eigenvalue weighted by Crippen LogP contribution is 2.44. The topological polar surface area (TPSA) is 46.5 Å². The molecule has 3 rings (SSSR count). The van der Waals surface area contributed by atoms with E-state index in [2.05, 4.69) is 36.4 Å². The highest BCUT2D eigenvalue weighted by Gasteiger charge is 2.42. The normalized spacial score (nSPS) is 13.5. The van der Waals surface area contributed by atoms with Gasteiger partial charge in [0, 0.05) is 5.41 Å². The van der Waals surface area contributed by atoms with Crippen LogP contribution in [0.25, 0.3) is 0 Å². The van der Waals surface area contributed by atoms with Crippen LogP contribution in [0.1, 0.15) is 30.0 Å². The molecule has 0 aliphatic heterocycles. The molecule has 0 radical (unpaired) electrons. The van der Waals surface area contributed by atoms with Crippen molar-refractivity contribution in [2.45, 2.75) is 24.9 Å². The number of carbonyl (C=O) groups is 1. The highest BCUT2D eigenvalue weighted by molar-refractivity contribution is 5.73. The lowest BCUT2D eigenvalue weighted by Gasteiger charge is -2.39. The van der Waals surface area contributed by atoms with E-state index in [0.29, 0.717) is 6.42 Å². The zero-order valence-electron chi connectivity index (χ0n) is 16.3. The Bertz CT molecular complexity index is 777. The van der Waals surface area contributed by atoms with E-state index in [1.165, 1.54) is 7.11 Å². The largest absolute Gasteiger partial charge is 0.469 e. The monoisotopic (exact) mass is 374 g/mol. The molecule has 0 saturated carbocycles. The number of benzene rings is 3. The zero-order chi connectivity index (χ0) is 20.0. The fraction of sp³-hybridized carbons (Fsp3) is 0.240. The quantitative estimate of drug-likeness (QED) is 0.486. The van der Waals surface area contributed by atoms with Gasteiger partial charge in [-0.1, -0.05) is 91.0 Å². The fourth-order valence-corrected chi connectivity index (χ4v) is 3.95. The van der Waals surface area contributed by atoms with Gasteiger partial charge in [0.25, 0.3) is 0 Å². The van der Waals surface area contributed by atoms with Crippen LogP contribution in [0.2, 0.25) is 0 Å². The summed E-state index contributed by atoms with van der Waals surface area (Å²) in [6.45, 7) is 1.65. The van der Waals surface area contributed by atoms with E-state index in [1.54, 1.807) is 6.92 Å². The van der Waals surface area contributed by atoms with Crippen LogP contribution in [0.4, 0.5) is 0 Å². The average Bonchev–Trinajstić information content (AvgIpc) is 2.76. The summed E-state index contributed by atoms with van der Waals surface area (Å²) in [7, 11) is 1.37. The standard InChI is InChI=1S/C25H26O3/c1-19(26)23(24(27)28-2)18-25(20-12-6-3-7-13-20,21-14-8-4-9-15-21)22-16-10-5-11-17-22/h3-17,19,23,26H,18H2,1-2H3/t19-,23-/m0/s1. The van der Waals surface area contributed by atoms with Crippen molar-refractivity contribution >= 4 is 5.97 Å². The summed E-state index contributed by atoms with van der Waals surface area (Å²) in [4.78, 5) is 12.5. The molecular weight excluding hydrogens is 348 g/mol. The molecule has 144 valence electrons. The maximum Gasteiger partial charge on any atom is 0.311 e. The predicted octanol–water partition coefficient (Wildman–Crippen LogP) is 4.58. The number of aliphatic hydroxyl groups is 1. The second kappa shape index (κ2) is 8.85. The predicted molar refractivity (Wildman–Crippen MR) is 111 cm³/mol. The van der Waals surface area contributed by atoms with Crippen LogP contribution in [0.5, 0.6) is 0 Å². The van der Waals surface area contributed by atoms with Gasteiger partial charge in [-0.15, -0.1) is 0 Å². The van der Waals surface area contributed by atoms with E-state index in [0.717, 1.165) is 16.7 Å². The second-order valence-electron chi connectivity index (χ2n) is 7.08. The Kier molecular flexibility index (Phi) is 6.27. The molecule has 3 aromatic rings. The molecule has 0 amide bonds. The smallest absolute Gasteiger partial charge is 0.311 e. The van der Waals surface area contributed by atoms with Gasteiger partial charge in [-0.3, -0.25) is 4.79 Å². The number of methoxy groups -OCH3 is 1. The Hall–Kier alpha value is -2.91. The van der Waals surface area contributed by atoms with E-state index in [1.807, 2.05) is 54.6 Å². The molecule has 1 N–H and O–H groups in total. The van der Waals surface area contributed by atoms with Gasteiger partial charge in [-0.05, 0) is 30.0 Å². The van der Waals surface area contributed by atoms with Gasteiger partial charge in [0.05, 0.1) is 19.1 Å². The van der Waals surface area contributed by atoms with Crippen molar-refractivity contribution in [2.24, 2.45) is 5.92 Å². The number of hydrogen-bond donors (Lipinski definition) is 1. The molecule has 0 aromatic heterocycles. The van der Waals surface area contributed by atoms with Crippen LogP contribution < -0.4 is 0 Å². The van der Waals surface area contributed by atoms with Crippen molar-refractivity contribution in [1.29, 1.82) is 0 Å². The van der Waals surface area contributed by atoms with E-state index >= 15 is 0 Å². The summed E-state index contributed by atoms with van der Waals surface area (Å²) in [5.74, 6) is -1.06. The van der Waals surface area contributed by atoms with Crippen molar-refractivity contribution in [1.82, 2.24) is 0 Å². The number of rotatable bonds is 7. The molecule has 0 heterocycles. The van der Waals surface area contributed by atoms with Crippen molar-refractivity contribution in [3.63, 3.8) is 0 Å². The maximum atomic E-state index is 12.5. The number of carbonyl (C=O) groups excluding carboxylic acids is 1. The SMILES string of the molecule is COC(=O)[C@@H](CC(c1ccccc1)(c1ccccc1)c1ccccc1)[C@H](C)O. The van der Waals surface area contributed by atoms with Gasteiger partial charge in [0.1, 0.15) is 0 Å². The zero-order valence-corrected chi connectivity index (χ0v) is 16.3. The summed E-state index contributed by atoms with van der Waals surface area (Å²) in [5.41, 5.74) is 2.62. The summed E-state index contributed by atoms with van der Waals surface area (Å²) in [6, 6.07) is 30.5. The van der Waals surface area contributed by atoms with Crippen LogP contribution in [-0.4, -0.2) is 24.3 Å². The molecular formula is C25H26O3. The molecule has 0 aliphatic carbocycles. The average molecular weight is 374 g/mol. The van der Waals surface area contributed by atoms with Crippen molar-refractivity contribution in [3.8, 4) is 0 Å². The minimum atomic E-state index is -0.831. The Morgan fingerprint density at radius 1 is 0.821 bits per heavy atom. The lowest BCUT2D eigenvalue weighted by atomic mass is 9.64. The molecule has 0 spiro atoms. The molecule has 3 heteroatoms. The lowest BCUT2D eigenvalue weighted by molar-refractivity contribution is -0.149. The Morgan fingerprint density at radius 3 is 1.46 bits per heavy atom. The summed E-state index contributed by atoms with van der Waals surface area (Å²) in [5, 5.41) is 10.4. The van der Waals surface area contributed by atoms with E-state index in [4.69, 9.17) is 4.74 Å². The number of hydrogen-bond acceptors (Lipinski definition) is 3. The van der Waals surface area contributed by atoms with Crippen LogP contribution in [0.15, 0.2) is 91.0 Å². The van der Waals surface area contributed by atoms with Crippen molar-refractivity contribution in [2.75, 3.05) is 7.11 Å². The fourth-order valence-electron chi connectivity index (χ4n) is 3.95. The van der Waals surface area contributed by atoms with Crippen LogP contribution in [-0.2, 0) is 14.9 Å². The van der Waals surface area contributed by atoms with Gasteiger partial charge in [-0.2, -0.15) is 0 Å². The van der Waals surface area contributed by atoms with Crippen molar-refractivity contribution in [3.05, 3.63) is 108 Å². The first kappa shape index (κ1) is 19.8. The van der Waals surface area contributed by atoms with Crippen molar-refractivity contribution < 1.29 is 14.6 Å². The molecule has 0 fully saturated rings. The molecule has 2 atom stereocenters. The second-order valence-corrected chi connectivity index (χ2v) is 7.08. The van der Waals surface area contributed by atoms with Gasteiger partial charge in [-0.25, -0.2) is 0 Å². The number of ether oxygens (including phenoxy) is 1. The highest BCUT2D eigenvalue weighted by atomic mass is 16.5. The third-order valence-corrected chi connectivity index (χ3v) is 5.41. The third-order valence-electron chi connectivity index (χ3n) is 5.41. The summed E-state index contributed by atoms with van der Waals surface area (Å²) < 4.78 is 5.03. The molecule has 0 bridgehead atoms. The lowest BCUT2D eigenvalue weighted by Crippen LogP contribution is -2.38. The molecule has 0 saturated heterocycles. The Morgan fingerprint density at radius 2 is 1.18 bits per heavy atom. The number of esters is 1. The van der Waals surface area contributed by atoms with E-state index in [9.17, 15) is 9.90 Å². The van der Waals surface area contributed by atoms with Gasteiger partial charge in [0.2, 0.25) is 0 Å². The first-order chi connectivity index (χ1) is 13.6. The van der Waals surface area contributed by atoms with Gasteiger partial charge < -0.3 is 9.84 Å². The molecule has 28 heavy (non-hydrogen) atoms. The molecule has 0 unspecified atom stereocenters.